The molecule has 0 fully saturated rings. The first-order valence-corrected chi connectivity index (χ1v) is 3.20. The molecule has 0 aliphatic carbocycles. The van der Waals surface area contributed by atoms with Gasteiger partial charge >= 0.3 is 5.97 Å². The monoisotopic (exact) mass is 153 g/mol. The maximum Gasteiger partial charge on any atom is 0.315 e. The van der Waals surface area contributed by atoms with E-state index >= 15 is 0 Å². The van der Waals surface area contributed by atoms with Crippen molar-refractivity contribution in [1.82, 2.24) is 9.97 Å². The lowest BCUT2D eigenvalue weighted by molar-refractivity contribution is -0.142. The molecule has 0 amide bonds. The van der Waals surface area contributed by atoms with Crippen molar-refractivity contribution in [2.75, 3.05) is 0 Å². The van der Waals surface area contributed by atoms with Crippen LogP contribution in [0.4, 0.5) is 0 Å². The molecule has 0 aliphatic rings. The Labute approximate surface area is 64.3 Å². The van der Waals surface area contributed by atoms with Gasteiger partial charge in [-0.3, -0.25) is 4.79 Å². The van der Waals surface area contributed by atoms with Crippen LogP contribution in [0.2, 0.25) is 0 Å². The number of aliphatic carboxylic acids is 1. The molecule has 0 aromatic carbocycles. The molecule has 0 aliphatic heterocycles. The van der Waals surface area contributed by atoms with Crippen LogP contribution in [0.3, 0.4) is 0 Å². The third kappa shape index (κ3) is 1.24. The average molecular weight is 153 g/mol. The topological polar surface area (TPSA) is 66.0 Å². The first-order valence-electron chi connectivity index (χ1n) is 3.20. The van der Waals surface area contributed by atoms with Gasteiger partial charge in [0.25, 0.3) is 0 Å². The van der Waals surface area contributed by atoms with E-state index in [4.69, 9.17) is 5.11 Å². The molecule has 0 saturated heterocycles. The third-order valence-electron chi connectivity index (χ3n) is 1.62. The van der Waals surface area contributed by atoms with Gasteiger partial charge < -0.3 is 10.1 Å². The van der Waals surface area contributed by atoms with Crippen molar-refractivity contribution < 1.29 is 9.90 Å². The van der Waals surface area contributed by atoms with E-state index in [1.807, 2.05) is 0 Å². The summed E-state index contributed by atoms with van der Waals surface area (Å²) in [5.74, 6) is -0.891. The molecule has 4 heteroatoms. The predicted octanol–water partition coefficient (Wildman–Crippen LogP) is 0.572. The van der Waals surface area contributed by atoms with Gasteiger partial charge in [-0.25, -0.2) is 4.98 Å². The second-order valence-corrected chi connectivity index (χ2v) is 2.83. The van der Waals surface area contributed by atoms with Crippen LogP contribution < -0.4 is 0 Å². The van der Waals surface area contributed by atoms with Gasteiger partial charge in [-0.05, 0) is 13.8 Å². The van der Waals surface area contributed by atoms with Crippen LogP contribution in [0.5, 0.6) is 0 Å². The zero-order valence-corrected chi connectivity index (χ0v) is 6.38. The highest BCUT2D eigenvalue weighted by atomic mass is 16.4. The largest absolute Gasteiger partial charge is 0.481 e. The fourth-order valence-corrected chi connectivity index (χ4v) is 0.655. The number of aromatic amines is 1. The average Bonchev–Trinajstić information content (AvgIpc) is 2.37. The lowest BCUT2D eigenvalue weighted by Crippen LogP contribution is -2.28. The minimum atomic E-state index is -0.934. The summed E-state index contributed by atoms with van der Waals surface area (Å²) in [5.41, 5.74) is -0.443. The van der Waals surface area contributed by atoms with Gasteiger partial charge in [0.1, 0.15) is 5.41 Å². The molecule has 4 nitrogen and oxygen atoms in total. The van der Waals surface area contributed by atoms with Crippen LogP contribution in [0.25, 0.3) is 0 Å². The third-order valence-corrected chi connectivity index (χ3v) is 1.62. The minimum Gasteiger partial charge on any atom is -0.481 e. The number of hydrogen-bond donors (Lipinski definition) is 2. The first kappa shape index (κ1) is 7.78. The van der Waals surface area contributed by atoms with Gasteiger partial charge in [-0.1, -0.05) is 0 Å². The highest BCUT2D eigenvalue weighted by Crippen LogP contribution is 2.19. The Balaban J connectivity index is 3.00. The molecule has 0 spiro atoms. The Morgan fingerprint density at radius 2 is 2.45 bits per heavy atom. The second-order valence-electron chi connectivity index (χ2n) is 2.83. The van der Waals surface area contributed by atoms with Crippen LogP contribution in [-0.4, -0.2) is 21.0 Å². The number of carboxylic acids is 1. The number of carbonyl (C=O) groups is 1. The fourth-order valence-electron chi connectivity index (χ4n) is 0.655. The van der Waals surface area contributed by atoms with Crippen LogP contribution >= 0.6 is 0 Å². The van der Waals surface area contributed by atoms with E-state index in [1.165, 1.54) is 6.20 Å². The lowest BCUT2D eigenvalue weighted by Gasteiger charge is -2.14. The van der Waals surface area contributed by atoms with Crippen molar-refractivity contribution in [2.45, 2.75) is 19.3 Å². The molecule has 1 aromatic heterocycles. The molecule has 1 aromatic rings. The Morgan fingerprint density at radius 3 is 2.82 bits per heavy atom. The maximum absolute atomic E-state index is 10.7. The summed E-state index contributed by atoms with van der Waals surface area (Å²) in [6.07, 6.45) is 3.99. The summed E-state index contributed by atoms with van der Waals surface area (Å²) in [5, 5.41) is 8.75. The number of nitrogens with zero attached hydrogens (tertiary/aromatic N) is 1. The number of H-pyrrole nitrogens is 1. The van der Waals surface area contributed by atoms with Crippen LogP contribution in [0.15, 0.2) is 6.20 Å². The van der Waals surface area contributed by atoms with Crippen LogP contribution in [-0.2, 0) is 10.2 Å². The quantitative estimate of drug-likeness (QED) is 0.652. The summed E-state index contributed by atoms with van der Waals surface area (Å²) >= 11 is 0. The molecule has 1 heterocycles. The zero-order valence-electron chi connectivity index (χ0n) is 6.38. The predicted molar refractivity (Wildman–Crippen MR) is 38.1 cm³/mol. The SMILES string of the molecule is CC(C)(C(=O)O)c1c[nH][c]n1. The van der Waals surface area contributed by atoms with Crippen molar-refractivity contribution in [1.29, 1.82) is 0 Å². The number of nitrogens with one attached hydrogen (secondary N) is 1. The van der Waals surface area contributed by atoms with Crippen LogP contribution in [0.1, 0.15) is 19.5 Å². The van der Waals surface area contributed by atoms with Crippen molar-refractivity contribution in [3.63, 3.8) is 0 Å². The first-order chi connectivity index (χ1) is 5.05. The summed E-state index contributed by atoms with van der Waals surface area (Å²) in [4.78, 5) is 17.0. The summed E-state index contributed by atoms with van der Waals surface area (Å²) in [6, 6.07) is 0. The molecular weight excluding hydrogens is 144 g/mol. The minimum absolute atomic E-state index is 0.491. The Kier molecular flexibility index (Phi) is 1.68. The molecule has 2 N–H and O–H groups in total. The number of rotatable bonds is 2. The molecular formula is C7H9N2O2. The fraction of sp³-hybridized carbons (Fsp3) is 0.429. The van der Waals surface area contributed by atoms with Crippen molar-refractivity contribution >= 4 is 5.97 Å². The van der Waals surface area contributed by atoms with Gasteiger partial charge in [-0.15, -0.1) is 0 Å². The lowest BCUT2D eigenvalue weighted by atomic mass is 9.90. The highest BCUT2D eigenvalue weighted by Gasteiger charge is 2.31. The van der Waals surface area contributed by atoms with Gasteiger partial charge in [0.15, 0.2) is 6.33 Å². The molecule has 0 saturated carbocycles. The second kappa shape index (κ2) is 2.38. The highest BCUT2D eigenvalue weighted by molar-refractivity contribution is 5.79. The van der Waals surface area contributed by atoms with E-state index < -0.39 is 11.4 Å². The number of imidazole rings is 1. The van der Waals surface area contributed by atoms with E-state index in [2.05, 4.69) is 16.3 Å². The Hall–Kier alpha value is -1.32. The van der Waals surface area contributed by atoms with Gasteiger partial charge in [0.05, 0.1) is 5.69 Å². The van der Waals surface area contributed by atoms with Gasteiger partial charge in [0.2, 0.25) is 0 Å². The molecule has 11 heavy (non-hydrogen) atoms. The van der Waals surface area contributed by atoms with Gasteiger partial charge in [0, 0.05) is 6.20 Å². The molecule has 1 rings (SSSR count). The Bertz CT molecular complexity index is 251. The zero-order chi connectivity index (χ0) is 8.48. The van der Waals surface area contributed by atoms with Crippen molar-refractivity contribution in [2.24, 2.45) is 0 Å². The number of aromatic nitrogens is 2. The van der Waals surface area contributed by atoms with E-state index in [9.17, 15) is 4.79 Å². The molecule has 59 valence electrons. The molecule has 0 atom stereocenters. The van der Waals surface area contributed by atoms with Crippen molar-refractivity contribution in [3.05, 3.63) is 18.2 Å². The summed E-state index contributed by atoms with van der Waals surface area (Å²) in [7, 11) is 0. The summed E-state index contributed by atoms with van der Waals surface area (Å²) < 4.78 is 0. The molecule has 1 radical (unpaired) electrons. The van der Waals surface area contributed by atoms with E-state index in [-0.39, 0.29) is 0 Å². The Morgan fingerprint density at radius 1 is 1.82 bits per heavy atom. The van der Waals surface area contributed by atoms with Gasteiger partial charge in [-0.2, -0.15) is 0 Å². The molecule has 0 unspecified atom stereocenters. The maximum atomic E-state index is 10.7. The van der Waals surface area contributed by atoms with E-state index in [1.54, 1.807) is 13.8 Å². The van der Waals surface area contributed by atoms with E-state index in [0.29, 0.717) is 5.69 Å². The number of carboxylic acid groups (broad SMARTS) is 1. The summed E-state index contributed by atoms with van der Waals surface area (Å²) in [6.45, 7) is 3.19. The normalized spacial score (nSPS) is 11.5. The van der Waals surface area contributed by atoms with Crippen molar-refractivity contribution in [3.8, 4) is 0 Å². The number of hydrogen-bond acceptors (Lipinski definition) is 2. The standard InChI is InChI=1S/C7H9N2O2/c1-7(2,6(10)11)5-3-8-4-9-5/h3H,1-2H3,(H,8,9)(H,10,11). The van der Waals surface area contributed by atoms with Crippen LogP contribution in [0, 0.1) is 6.33 Å². The molecule has 0 bridgehead atoms. The van der Waals surface area contributed by atoms with E-state index in [0.717, 1.165) is 0 Å². The smallest absolute Gasteiger partial charge is 0.315 e.